The van der Waals surface area contributed by atoms with Gasteiger partial charge >= 0.3 is 0 Å². The van der Waals surface area contributed by atoms with E-state index in [1.54, 1.807) is 12.1 Å². The van der Waals surface area contributed by atoms with Gasteiger partial charge in [0.2, 0.25) is 0 Å². The second-order valence-electron chi connectivity index (χ2n) is 5.05. The second kappa shape index (κ2) is 7.05. The number of aromatic nitrogens is 2. The molecule has 1 atom stereocenters. The van der Waals surface area contributed by atoms with E-state index >= 15 is 0 Å². The molecule has 0 saturated heterocycles. The van der Waals surface area contributed by atoms with Gasteiger partial charge in [0.15, 0.2) is 0 Å². The van der Waals surface area contributed by atoms with Crippen LogP contribution in [0.4, 0.5) is 4.39 Å². The molecule has 0 aliphatic rings. The van der Waals surface area contributed by atoms with E-state index in [-0.39, 0.29) is 11.9 Å². The zero-order chi connectivity index (χ0) is 15.4. The van der Waals surface area contributed by atoms with Gasteiger partial charge in [-0.2, -0.15) is 5.10 Å². The predicted octanol–water partition coefficient (Wildman–Crippen LogP) is 3.67. The van der Waals surface area contributed by atoms with Crippen LogP contribution in [0.15, 0.2) is 24.3 Å². The Balaban J connectivity index is 2.33. The zero-order valence-electron chi connectivity index (χ0n) is 12.7. The third-order valence-electron chi connectivity index (χ3n) is 3.60. The molecule has 1 aromatic carbocycles. The van der Waals surface area contributed by atoms with Crippen molar-refractivity contribution in [1.29, 1.82) is 0 Å². The Bertz CT molecular complexity index is 589. The molecule has 0 radical (unpaired) electrons. The Labute approximate surface area is 130 Å². The van der Waals surface area contributed by atoms with Crippen LogP contribution >= 0.6 is 11.6 Å². The summed E-state index contributed by atoms with van der Waals surface area (Å²) in [6.07, 6.45) is 1.54. The van der Waals surface area contributed by atoms with E-state index in [1.165, 1.54) is 6.07 Å². The first-order chi connectivity index (χ1) is 10.1. The molecule has 0 aliphatic carbocycles. The molecule has 0 bridgehead atoms. The van der Waals surface area contributed by atoms with Crippen LogP contribution in [-0.2, 0) is 19.9 Å². The average molecular weight is 310 g/mol. The summed E-state index contributed by atoms with van der Waals surface area (Å²) >= 11 is 6.20. The third kappa shape index (κ3) is 3.63. The molecule has 1 aromatic heterocycles. The van der Waals surface area contributed by atoms with Crippen LogP contribution < -0.4 is 5.32 Å². The van der Waals surface area contributed by atoms with E-state index in [9.17, 15) is 4.39 Å². The summed E-state index contributed by atoms with van der Waals surface area (Å²) < 4.78 is 16.0. The minimum Gasteiger partial charge on any atom is -0.310 e. The molecule has 0 fully saturated rings. The highest BCUT2D eigenvalue weighted by molar-refractivity contribution is 6.31. The monoisotopic (exact) mass is 309 g/mol. The lowest BCUT2D eigenvalue weighted by Gasteiger charge is -2.20. The second-order valence-corrected chi connectivity index (χ2v) is 5.46. The van der Waals surface area contributed by atoms with Crippen molar-refractivity contribution in [2.45, 2.75) is 32.7 Å². The van der Waals surface area contributed by atoms with Crippen LogP contribution in [0.2, 0.25) is 5.02 Å². The highest BCUT2D eigenvalue weighted by Gasteiger charge is 2.20. The summed E-state index contributed by atoms with van der Waals surface area (Å²) in [6, 6.07) is 6.71. The van der Waals surface area contributed by atoms with Crippen LogP contribution in [0.1, 0.15) is 36.8 Å². The highest BCUT2D eigenvalue weighted by Crippen LogP contribution is 2.28. The third-order valence-corrected chi connectivity index (χ3v) is 3.93. The first-order valence-electron chi connectivity index (χ1n) is 7.25. The Kier molecular flexibility index (Phi) is 5.37. The number of aryl methyl sites for hydroxylation is 2. The highest BCUT2D eigenvalue weighted by atomic mass is 35.5. The molecular formula is C16H21ClFN3. The lowest BCUT2D eigenvalue weighted by atomic mass is 10.0. The molecule has 2 aromatic rings. The minimum atomic E-state index is -0.272. The molecule has 1 unspecified atom stereocenters. The Morgan fingerprint density at radius 3 is 2.71 bits per heavy atom. The van der Waals surface area contributed by atoms with Crippen molar-refractivity contribution < 1.29 is 4.39 Å². The Hall–Kier alpha value is -1.39. The molecule has 3 nitrogen and oxygen atoms in total. The summed E-state index contributed by atoms with van der Waals surface area (Å²) in [4.78, 5) is 0. The average Bonchev–Trinajstić information content (AvgIpc) is 2.79. The van der Waals surface area contributed by atoms with Crippen molar-refractivity contribution in [3.63, 3.8) is 0 Å². The van der Waals surface area contributed by atoms with E-state index in [0.717, 1.165) is 24.4 Å². The van der Waals surface area contributed by atoms with Crippen molar-refractivity contribution in [2.75, 3.05) is 6.54 Å². The maximum Gasteiger partial charge on any atom is 0.129 e. The van der Waals surface area contributed by atoms with Crippen LogP contribution in [-0.4, -0.2) is 16.3 Å². The zero-order valence-corrected chi connectivity index (χ0v) is 13.4. The number of hydrogen-bond acceptors (Lipinski definition) is 2. The van der Waals surface area contributed by atoms with Crippen molar-refractivity contribution in [2.24, 2.45) is 7.05 Å². The topological polar surface area (TPSA) is 29.9 Å². The summed E-state index contributed by atoms with van der Waals surface area (Å²) in [7, 11) is 1.92. The number of hydrogen-bond donors (Lipinski definition) is 1. The van der Waals surface area contributed by atoms with Crippen molar-refractivity contribution in [3.05, 3.63) is 52.1 Å². The molecule has 0 amide bonds. The van der Waals surface area contributed by atoms with Gasteiger partial charge in [-0.1, -0.05) is 31.5 Å². The normalized spacial score (nSPS) is 12.6. The first-order valence-corrected chi connectivity index (χ1v) is 7.63. The smallest absolute Gasteiger partial charge is 0.129 e. The number of halogens is 2. The van der Waals surface area contributed by atoms with Gasteiger partial charge in [-0.15, -0.1) is 0 Å². The van der Waals surface area contributed by atoms with E-state index in [2.05, 4.69) is 23.4 Å². The summed E-state index contributed by atoms with van der Waals surface area (Å²) in [5.74, 6) is -0.272. The van der Waals surface area contributed by atoms with E-state index in [4.69, 9.17) is 11.6 Å². The van der Waals surface area contributed by atoms with Crippen LogP contribution in [0.5, 0.6) is 0 Å². The van der Waals surface area contributed by atoms with Gasteiger partial charge in [0.1, 0.15) is 5.82 Å². The number of likely N-dealkylation sites (N-methyl/N-ethyl adjacent to an activating group) is 1. The fourth-order valence-electron chi connectivity index (χ4n) is 2.51. The van der Waals surface area contributed by atoms with Gasteiger partial charge in [0, 0.05) is 35.8 Å². The number of nitrogens with zero attached hydrogens (tertiary/aromatic N) is 2. The maximum atomic E-state index is 14.2. The summed E-state index contributed by atoms with van der Waals surface area (Å²) in [5.41, 5.74) is 2.64. The van der Waals surface area contributed by atoms with E-state index in [1.807, 2.05) is 18.7 Å². The minimum absolute atomic E-state index is 0.163. The molecule has 5 heteroatoms. The standard InChI is InChI=1S/C16H21ClFN3/c1-4-11-9-12(21(3)20-11)10-15(19-5-2)16-13(17)7-6-8-14(16)18/h6-9,15,19H,4-5,10H2,1-3H3. The van der Waals surface area contributed by atoms with Gasteiger partial charge < -0.3 is 5.32 Å². The summed E-state index contributed by atoms with van der Waals surface area (Å²) in [6.45, 7) is 4.82. The lowest BCUT2D eigenvalue weighted by molar-refractivity contribution is 0.497. The molecule has 21 heavy (non-hydrogen) atoms. The molecule has 0 spiro atoms. The van der Waals surface area contributed by atoms with Crippen molar-refractivity contribution >= 4 is 11.6 Å². The van der Waals surface area contributed by atoms with Gasteiger partial charge in [-0.25, -0.2) is 4.39 Å². The van der Waals surface area contributed by atoms with Crippen LogP contribution in [0.3, 0.4) is 0 Å². The Morgan fingerprint density at radius 2 is 2.14 bits per heavy atom. The van der Waals surface area contributed by atoms with Gasteiger partial charge in [0.25, 0.3) is 0 Å². The SMILES string of the molecule is CCNC(Cc1cc(CC)nn1C)c1c(F)cccc1Cl. The fourth-order valence-corrected chi connectivity index (χ4v) is 2.81. The first kappa shape index (κ1) is 16.0. The van der Waals surface area contributed by atoms with Gasteiger partial charge in [-0.05, 0) is 31.2 Å². The molecule has 1 N–H and O–H groups in total. The van der Waals surface area contributed by atoms with E-state index < -0.39 is 0 Å². The largest absolute Gasteiger partial charge is 0.310 e. The summed E-state index contributed by atoms with van der Waals surface area (Å²) in [5, 5.41) is 8.22. The van der Waals surface area contributed by atoms with Crippen molar-refractivity contribution in [1.82, 2.24) is 15.1 Å². The quantitative estimate of drug-likeness (QED) is 0.882. The van der Waals surface area contributed by atoms with Crippen LogP contribution in [0, 0.1) is 5.82 Å². The predicted molar refractivity (Wildman–Crippen MR) is 84.1 cm³/mol. The molecule has 0 saturated carbocycles. The van der Waals surface area contributed by atoms with Crippen molar-refractivity contribution in [3.8, 4) is 0 Å². The molecule has 114 valence electrons. The Morgan fingerprint density at radius 1 is 1.38 bits per heavy atom. The molecule has 2 rings (SSSR count). The number of benzene rings is 1. The van der Waals surface area contributed by atoms with Gasteiger partial charge in [-0.3, -0.25) is 4.68 Å². The molecule has 0 aliphatic heterocycles. The van der Waals surface area contributed by atoms with Gasteiger partial charge in [0.05, 0.1) is 5.69 Å². The molecule has 1 heterocycles. The molecular weight excluding hydrogens is 289 g/mol. The van der Waals surface area contributed by atoms with Crippen LogP contribution in [0.25, 0.3) is 0 Å². The maximum absolute atomic E-state index is 14.2. The fraction of sp³-hybridized carbons (Fsp3) is 0.438. The number of rotatable bonds is 6. The van der Waals surface area contributed by atoms with E-state index in [0.29, 0.717) is 17.0 Å². The lowest BCUT2D eigenvalue weighted by Crippen LogP contribution is -2.25. The number of nitrogens with one attached hydrogen (secondary N) is 1.